The van der Waals surface area contributed by atoms with Gasteiger partial charge in [0.2, 0.25) is 5.91 Å². The van der Waals surface area contributed by atoms with E-state index in [1.54, 1.807) is 0 Å². The lowest BCUT2D eigenvalue weighted by atomic mass is 9.82. The average Bonchev–Trinajstić information content (AvgIpc) is 2.41. The first-order valence-electron chi connectivity index (χ1n) is 6.81. The summed E-state index contributed by atoms with van der Waals surface area (Å²) in [6.45, 7) is 2.17. The standard InChI is InChI=1S/C15H18FNO3/c1-9-2-4-10(5-3-9)14(18)17-13-7-6-11(15(19)20)8-12(13)16/h6-10H,2-5H2,1H3,(H,17,18)(H,19,20). The molecule has 0 bridgehead atoms. The Morgan fingerprint density at radius 2 is 1.90 bits per heavy atom. The highest BCUT2D eigenvalue weighted by molar-refractivity contribution is 5.94. The van der Waals surface area contributed by atoms with Crippen molar-refractivity contribution in [2.45, 2.75) is 32.6 Å². The Labute approximate surface area is 117 Å². The number of carboxylic acids is 1. The van der Waals surface area contributed by atoms with Crippen molar-refractivity contribution in [2.24, 2.45) is 11.8 Å². The molecule has 2 N–H and O–H groups in total. The second-order valence-electron chi connectivity index (χ2n) is 5.45. The number of aromatic carboxylic acids is 1. The van der Waals surface area contributed by atoms with E-state index in [4.69, 9.17) is 5.11 Å². The summed E-state index contributed by atoms with van der Waals surface area (Å²) in [5.74, 6) is -1.53. The minimum absolute atomic E-state index is 0.0404. The van der Waals surface area contributed by atoms with E-state index in [9.17, 15) is 14.0 Å². The highest BCUT2D eigenvalue weighted by Gasteiger charge is 2.24. The van der Waals surface area contributed by atoms with E-state index in [1.807, 2.05) is 0 Å². The van der Waals surface area contributed by atoms with Gasteiger partial charge >= 0.3 is 5.97 Å². The number of hydrogen-bond donors (Lipinski definition) is 2. The first-order valence-corrected chi connectivity index (χ1v) is 6.81. The summed E-state index contributed by atoms with van der Waals surface area (Å²) in [6.07, 6.45) is 3.67. The third-order valence-electron chi connectivity index (χ3n) is 3.86. The van der Waals surface area contributed by atoms with Gasteiger partial charge in [0.15, 0.2) is 0 Å². The number of nitrogens with one attached hydrogen (secondary N) is 1. The van der Waals surface area contributed by atoms with Crippen molar-refractivity contribution in [2.75, 3.05) is 5.32 Å². The van der Waals surface area contributed by atoms with E-state index in [0.29, 0.717) is 5.92 Å². The van der Waals surface area contributed by atoms with E-state index in [-0.39, 0.29) is 23.1 Å². The number of rotatable bonds is 3. The van der Waals surface area contributed by atoms with E-state index in [2.05, 4.69) is 12.2 Å². The zero-order chi connectivity index (χ0) is 14.7. The molecule has 0 atom stereocenters. The van der Waals surface area contributed by atoms with Gasteiger partial charge in [0.25, 0.3) is 0 Å². The summed E-state index contributed by atoms with van der Waals surface area (Å²) in [4.78, 5) is 22.8. The fraction of sp³-hybridized carbons (Fsp3) is 0.467. The SMILES string of the molecule is CC1CCC(C(=O)Nc2ccc(C(=O)O)cc2F)CC1. The quantitative estimate of drug-likeness (QED) is 0.892. The molecule has 0 spiro atoms. The number of carboxylic acid groups (broad SMARTS) is 1. The molecule has 0 radical (unpaired) electrons. The van der Waals surface area contributed by atoms with Gasteiger partial charge in [0, 0.05) is 5.92 Å². The lowest BCUT2D eigenvalue weighted by Crippen LogP contribution is -2.27. The van der Waals surface area contributed by atoms with Gasteiger partial charge < -0.3 is 10.4 Å². The fourth-order valence-electron chi connectivity index (χ4n) is 2.51. The molecular formula is C15H18FNO3. The van der Waals surface area contributed by atoms with Crippen molar-refractivity contribution in [3.05, 3.63) is 29.6 Å². The third kappa shape index (κ3) is 3.35. The van der Waals surface area contributed by atoms with Gasteiger partial charge in [-0.3, -0.25) is 4.79 Å². The predicted octanol–water partition coefficient (Wildman–Crippen LogP) is 3.29. The number of carbonyl (C=O) groups excluding carboxylic acids is 1. The molecular weight excluding hydrogens is 261 g/mol. The fourth-order valence-corrected chi connectivity index (χ4v) is 2.51. The smallest absolute Gasteiger partial charge is 0.335 e. The van der Waals surface area contributed by atoms with Crippen LogP contribution in [0.3, 0.4) is 0 Å². The Balaban J connectivity index is 2.02. The molecule has 0 heterocycles. The summed E-state index contributed by atoms with van der Waals surface area (Å²) in [5.41, 5.74) is -0.0920. The zero-order valence-electron chi connectivity index (χ0n) is 11.4. The lowest BCUT2D eigenvalue weighted by Gasteiger charge is -2.25. The van der Waals surface area contributed by atoms with Crippen molar-refractivity contribution in [1.82, 2.24) is 0 Å². The molecule has 1 aliphatic carbocycles. The molecule has 108 valence electrons. The normalized spacial score (nSPS) is 22.3. The van der Waals surface area contributed by atoms with Crippen molar-refractivity contribution < 1.29 is 19.1 Å². The van der Waals surface area contributed by atoms with Crippen LogP contribution in [0.25, 0.3) is 0 Å². The van der Waals surface area contributed by atoms with E-state index < -0.39 is 11.8 Å². The Kier molecular flexibility index (Phi) is 4.37. The van der Waals surface area contributed by atoms with Gasteiger partial charge in [0.05, 0.1) is 11.3 Å². The van der Waals surface area contributed by atoms with Crippen LogP contribution < -0.4 is 5.32 Å². The molecule has 1 fully saturated rings. The summed E-state index contributed by atoms with van der Waals surface area (Å²) in [6, 6.07) is 3.49. The summed E-state index contributed by atoms with van der Waals surface area (Å²) >= 11 is 0. The molecule has 1 aliphatic rings. The molecule has 1 saturated carbocycles. The first kappa shape index (κ1) is 14.5. The molecule has 1 amide bonds. The lowest BCUT2D eigenvalue weighted by molar-refractivity contribution is -0.121. The highest BCUT2D eigenvalue weighted by Crippen LogP contribution is 2.29. The van der Waals surface area contributed by atoms with Crippen LogP contribution in [0.2, 0.25) is 0 Å². The number of carbonyl (C=O) groups is 2. The maximum absolute atomic E-state index is 13.7. The van der Waals surface area contributed by atoms with Crippen molar-refractivity contribution in [3.8, 4) is 0 Å². The van der Waals surface area contributed by atoms with Crippen LogP contribution in [0, 0.1) is 17.7 Å². The van der Waals surface area contributed by atoms with Crippen LogP contribution in [0.5, 0.6) is 0 Å². The third-order valence-corrected chi connectivity index (χ3v) is 3.86. The number of hydrogen-bond acceptors (Lipinski definition) is 2. The number of anilines is 1. The molecule has 2 rings (SSSR count). The van der Waals surface area contributed by atoms with Crippen molar-refractivity contribution >= 4 is 17.6 Å². The van der Waals surface area contributed by atoms with Gasteiger partial charge in [-0.15, -0.1) is 0 Å². The number of benzene rings is 1. The maximum Gasteiger partial charge on any atom is 0.335 e. The Morgan fingerprint density at radius 1 is 1.25 bits per heavy atom. The molecule has 0 aromatic heterocycles. The highest BCUT2D eigenvalue weighted by atomic mass is 19.1. The molecule has 0 unspecified atom stereocenters. The Morgan fingerprint density at radius 3 is 2.45 bits per heavy atom. The zero-order valence-corrected chi connectivity index (χ0v) is 11.4. The molecule has 1 aromatic rings. The largest absolute Gasteiger partial charge is 0.478 e. The monoisotopic (exact) mass is 279 g/mol. The van der Waals surface area contributed by atoms with E-state index >= 15 is 0 Å². The van der Waals surface area contributed by atoms with Crippen LogP contribution >= 0.6 is 0 Å². The van der Waals surface area contributed by atoms with Crippen LogP contribution in [-0.2, 0) is 4.79 Å². The van der Waals surface area contributed by atoms with Gasteiger partial charge in [0.1, 0.15) is 5.82 Å². The predicted molar refractivity (Wildman–Crippen MR) is 73.1 cm³/mol. The van der Waals surface area contributed by atoms with Crippen molar-refractivity contribution in [1.29, 1.82) is 0 Å². The van der Waals surface area contributed by atoms with Gasteiger partial charge in [-0.1, -0.05) is 6.92 Å². The minimum Gasteiger partial charge on any atom is -0.478 e. The second kappa shape index (κ2) is 6.03. The second-order valence-corrected chi connectivity index (χ2v) is 5.45. The van der Waals surface area contributed by atoms with Gasteiger partial charge in [-0.25, -0.2) is 9.18 Å². The first-order chi connectivity index (χ1) is 9.47. The number of halogens is 1. The average molecular weight is 279 g/mol. The van der Waals surface area contributed by atoms with E-state index in [1.165, 1.54) is 12.1 Å². The van der Waals surface area contributed by atoms with Crippen molar-refractivity contribution in [3.63, 3.8) is 0 Å². The summed E-state index contributed by atoms with van der Waals surface area (Å²) < 4.78 is 13.7. The topological polar surface area (TPSA) is 66.4 Å². The van der Waals surface area contributed by atoms with Crippen LogP contribution in [0.15, 0.2) is 18.2 Å². The summed E-state index contributed by atoms with van der Waals surface area (Å²) in [7, 11) is 0. The van der Waals surface area contributed by atoms with Gasteiger partial charge in [-0.2, -0.15) is 0 Å². The molecule has 0 aliphatic heterocycles. The molecule has 5 heteroatoms. The van der Waals surface area contributed by atoms with Crippen LogP contribution in [0.1, 0.15) is 43.0 Å². The molecule has 1 aromatic carbocycles. The van der Waals surface area contributed by atoms with Crippen LogP contribution in [0.4, 0.5) is 10.1 Å². The minimum atomic E-state index is -1.19. The Bertz CT molecular complexity index is 522. The van der Waals surface area contributed by atoms with Gasteiger partial charge in [-0.05, 0) is 49.8 Å². The molecule has 20 heavy (non-hydrogen) atoms. The van der Waals surface area contributed by atoms with Crippen LogP contribution in [-0.4, -0.2) is 17.0 Å². The summed E-state index contributed by atoms with van der Waals surface area (Å²) in [5, 5.41) is 11.3. The molecule has 4 nitrogen and oxygen atoms in total. The molecule has 0 saturated heterocycles. The maximum atomic E-state index is 13.7. The Hall–Kier alpha value is -1.91. The number of amides is 1. The van der Waals surface area contributed by atoms with E-state index in [0.717, 1.165) is 31.7 Å².